The van der Waals surface area contributed by atoms with Crippen LogP contribution in [0.25, 0.3) is 6.08 Å². The van der Waals surface area contributed by atoms with Crippen LogP contribution >= 0.6 is 15.9 Å². The standard InChI is InChI=1S/C26H21BrN2O5/c1-16-3-6-20(7-4-16)29-26(30)19(13-28)10-18-11-23(31-2)25(12-21(18)27)32-14-17-5-8-22-24(9-17)34-15-33-22/h3-12H,14-15H2,1-2H3,(H,29,30)/b19-10-. The van der Waals surface area contributed by atoms with E-state index in [1.165, 1.54) is 13.2 Å². The summed E-state index contributed by atoms with van der Waals surface area (Å²) in [5.74, 6) is 1.86. The first-order chi connectivity index (χ1) is 16.5. The Kier molecular flexibility index (Phi) is 7.04. The van der Waals surface area contributed by atoms with E-state index in [4.69, 9.17) is 18.9 Å². The van der Waals surface area contributed by atoms with Gasteiger partial charge in [-0.2, -0.15) is 5.26 Å². The Balaban J connectivity index is 1.51. The third-order valence-corrected chi connectivity index (χ3v) is 5.78. The van der Waals surface area contributed by atoms with Crippen LogP contribution in [0.5, 0.6) is 23.0 Å². The molecule has 8 heteroatoms. The number of nitrogens with one attached hydrogen (secondary N) is 1. The van der Waals surface area contributed by atoms with E-state index < -0.39 is 5.91 Å². The van der Waals surface area contributed by atoms with Crippen molar-refractivity contribution in [3.05, 3.63) is 81.3 Å². The van der Waals surface area contributed by atoms with E-state index in [1.807, 2.05) is 43.3 Å². The second-order valence-corrected chi connectivity index (χ2v) is 8.35. The van der Waals surface area contributed by atoms with Gasteiger partial charge in [0.1, 0.15) is 18.2 Å². The number of anilines is 1. The van der Waals surface area contributed by atoms with Gasteiger partial charge in [0.15, 0.2) is 23.0 Å². The lowest BCUT2D eigenvalue weighted by molar-refractivity contribution is -0.112. The van der Waals surface area contributed by atoms with Gasteiger partial charge in [-0.1, -0.05) is 39.7 Å². The van der Waals surface area contributed by atoms with E-state index in [9.17, 15) is 10.1 Å². The van der Waals surface area contributed by atoms with Crippen molar-refractivity contribution in [2.24, 2.45) is 0 Å². The molecule has 1 aliphatic rings. The van der Waals surface area contributed by atoms with Gasteiger partial charge in [-0.15, -0.1) is 0 Å². The highest BCUT2D eigenvalue weighted by atomic mass is 79.9. The number of methoxy groups -OCH3 is 1. The Morgan fingerprint density at radius 2 is 1.88 bits per heavy atom. The summed E-state index contributed by atoms with van der Waals surface area (Å²) in [6.45, 7) is 2.46. The second kappa shape index (κ2) is 10.3. The summed E-state index contributed by atoms with van der Waals surface area (Å²) < 4.78 is 22.8. The Labute approximate surface area is 205 Å². The van der Waals surface area contributed by atoms with Crippen LogP contribution in [0, 0.1) is 18.3 Å². The van der Waals surface area contributed by atoms with Crippen LogP contribution in [0.2, 0.25) is 0 Å². The summed E-state index contributed by atoms with van der Waals surface area (Å²) in [4.78, 5) is 12.6. The van der Waals surface area contributed by atoms with Crippen LogP contribution in [0.1, 0.15) is 16.7 Å². The van der Waals surface area contributed by atoms with Crippen molar-refractivity contribution in [2.75, 3.05) is 19.2 Å². The third-order valence-electron chi connectivity index (χ3n) is 5.09. The number of nitriles is 1. The average molecular weight is 521 g/mol. The molecule has 3 aromatic rings. The summed E-state index contributed by atoms with van der Waals surface area (Å²) in [6.07, 6.45) is 1.50. The summed E-state index contributed by atoms with van der Waals surface area (Å²) in [5.41, 5.74) is 3.15. The lowest BCUT2D eigenvalue weighted by Crippen LogP contribution is -2.13. The zero-order chi connectivity index (χ0) is 24.1. The molecule has 1 heterocycles. The second-order valence-electron chi connectivity index (χ2n) is 7.49. The topological polar surface area (TPSA) is 89.8 Å². The molecule has 0 saturated carbocycles. The number of benzene rings is 3. The predicted octanol–water partition coefficient (Wildman–Crippen LogP) is 5.62. The average Bonchev–Trinajstić information content (AvgIpc) is 3.31. The number of amides is 1. The maximum Gasteiger partial charge on any atom is 0.266 e. The van der Waals surface area contributed by atoms with E-state index in [0.29, 0.717) is 38.7 Å². The quantitative estimate of drug-likeness (QED) is 0.321. The fourth-order valence-electron chi connectivity index (χ4n) is 3.27. The molecule has 34 heavy (non-hydrogen) atoms. The molecule has 1 N–H and O–H groups in total. The number of carbonyl (C=O) groups is 1. The summed E-state index contributed by atoms with van der Waals surface area (Å²) in [7, 11) is 1.53. The lowest BCUT2D eigenvalue weighted by Gasteiger charge is -2.13. The summed E-state index contributed by atoms with van der Waals surface area (Å²) in [5, 5.41) is 12.3. The molecule has 0 fully saturated rings. The number of ether oxygens (including phenoxy) is 4. The van der Waals surface area contributed by atoms with Crippen molar-refractivity contribution < 1.29 is 23.7 Å². The Hall–Kier alpha value is -3.96. The third kappa shape index (κ3) is 5.33. The van der Waals surface area contributed by atoms with E-state index >= 15 is 0 Å². The molecule has 7 nitrogen and oxygen atoms in total. The monoisotopic (exact) mass is 520 g/mol. The minimum Gasteiger partial charge on any atom is -0.493 e. The highest BCUT2D eigenvalue weighted by Gasteiger charge is 2.16. The minimum absolute atomic E-state index is 0.0441. The zero-order valence-electron chi connectivity index (χ0n) is 18.6. The predicted molar refractivity (Wildman–Crippen MR) is 131 cm³/mol. The number of nitrogens with zero attached hydrogens (tertiary/aromatic N) is 1. The van der Waals surface area contributed by atoms with Gasteiger partial charge in [0.05, 0.1) is 7.11 Å². The molecule has 0 unspecified atom stereocenters. The number of halogens is 1. The number of carbonyl (C=O) groups excluding carboxylic acids is 1. The Morgan fingerprint density at radius 3 is 2.62 bits per heavy atom. The molecule has 0 bridgehead atoms. The molecule has 0 atom stereocenters. The van der Waals surface area contributed by atoms with Gasteiger partial charge in [-0.05, 0) is 60.5 Å². The summed E-state index contributed by atoms with van der Waals surface area (Å²) >= 11 is 3.50. The summed E-state index contributed by atoms with van der Waals surface area (Å²) in [6, 6.07) is 18.4. The normalized spacial score (nSPS) is 12.1. The molecule has 0 spiro atoms. The first-order valence-electron chi connectivity index (χ1n) is 10.4. The molecular weight excluding hydrogens is 500 g/mol. The molecule has 0 radical (unpaired) electrons. The van der Waals surface area contributed by atoms with E-state index in [-0.39, 0.29) is 19.0 Å². The molecule has 1 amide bonds. The van der Waals surface area contributed by atoms with Crippen LogP contribution in [0.4, 0.5) is 5.69 Å². The fourth-order valence-corrected chi connectivity index (χ4v) is 3.70. The van der Waals surface area contributed by atoms with Crippen molar-refractivity contribution in [2.45, 2.75) is 13.5 Å². The molecule has 0 aliphatic carbocycles. The van der Waals surface area contributed by atoms with Crippen molar-refractivity contribution in [1.29, 1.82) is 5.26 Å². The smallest absolute Gasteiger partial charge is 0.266 e. The maximum atomic E-state index is 12.6. The van der Waals surface area contributed by atoms with Gasteiger partial charge in [-0.25, -0.2) is 0 Å². The van der Waals surface area contributed by atoms with Gasteiger partial charge in [0, 0.05) is 10.2 Å². The molecule has 0 aromatic heterocycles. The Morgan fingerprint density at radius 1 is 1.12 bits per heavy atom. The number of rotatable bonds is 7. The van der Waals surface area contributed by atoms with Crippen molar-refractivity contribution in [3.8, 4) is 29.1 Å². The molecule has 1 aliphatic heterocycles. The number of hydrogen-bond acceptors (Lipinski definition) is 6. The molecule has 3 aromatic carbocycles. The SMILES string of the molecule is COc1cc(/C=C(/C#N)C(=O)Nc2ccc(C)cc2)c(Br)cc1OCc1ccc2c(c1)OCO2. The van der Waals surface area contributed by atoms with Crippen LogP contribution < -0.4 is 24.3 Å². The van der Waals surface area contributed by atoms with Crippen LogP contribution in [0.3, 0.4) is 0 Å². The minimum atomic E-state index is -0.500. The number of hydrogen-bond donors (Lipinski definition) is 1. The van der Waals surface area contributed by atoms with Gasteiger partial charge < -0.3 is 24.3 Å². The number of aryl methyl sites for hydroxylation is 1. The fraction of sp³-hybridized carbons (Fsp3) is 0.154. The van der Waals surface area contributed by atoms with Gasteiger partial charge in [0.2, 0.25) is 6.79 Å². The molecule has 0 saturated heterocycles. The van der Waals surface area contributed by atoms with Crippen molar-refractivity contribution >= 4 is 33.6 Å². The highest BCUT2D eigenvalue weighted by molar-refractivity contribution is 9.10. The van der Waals surface area contributed by atoms with Gasteiger partial charge >= 0.3 is 0 Å². The molecule has 172 valence electrons. The largest absolute Gasteiger partial charge is 0.493 e. The van der Waals surface area contributed by atoms with E-state index in [0.717, 1.165) is 11.1 Å². The van der Waals surface area contributed by atoms with Gasteiger partial charge in [0.25, 0.3) is 5.91 Å². The van der Waals surface area contributed by atoms with Crippen molar-refractivity contribution in [1.82, 2.24) is 0 Å². The molecule has 4 rings (SSSR count). The van der Waals surface area contributed by atoms with Crippen LogP contribution in [-0.2, 0) is 11.4 Å². The molecular formula is C26H21BrN2O5. The van der Waals surface area contributed by atoms with Crippen LogP contribution in [-0.4, -0.2) is 19.8 Å². The lowest BCUT2D eigenvalue weighted by atomic mass is 10.1. The number of fused-ring (bicyclic) bond motifs is 1. The van der Waals surface area contributed by atoms with Crippen LogP contribution in [0.15, 0.2) is 64.6 Å². The zero-order valence-corrected chi connectivity index (χ0v) is 20.1. The van der Waals surface area contributed by atoms with E-state index in [1.54, 1.807) is 24.3 Å². The first-order valence-corrected chi connectivity index (χ1v) is 11.1. The van der Waals surface area contributed by atoms with E-state index in [2.05, 4.69) is 21.2 Å². The Bertz CT molecular complexity index is 1300. The van der Waals surface area contributed by atoms with Crippen molar-refractivity contribution in [3.63, 3.8) is 0 Å². The highest BCUT2D eigenvalue weighted by Crippen LogP contribution is 2.36. The maximum absolute atomic E-state index is 12.6. The first kappa shape index (κ1) is 23.2. The van der Waals surface area contributed by atoms with Gasteiger partial charge in [-0.3, -0.25) is 4.79 Å².